The molecule has 1 aromatic carbocycles. The number of ketones is 1. The maximum absolute atomic E-state index is 13.6. The van der Waals surface area contributed by atoms with Gasteiger partial charge in [0.05, 0.1) is 13.1 Å². The lowest BCUT2D eigenvalue weighted by atomic mass is 9.82. The number of esters is 1. The lowest BCUT2D eigenvalue weighted by molar-refractivity contribution is -0.938. The van der Waals surface area contributed by atoms with Gasteiger partial charge in [-0.15, -0.1) is 0 Å². The summed E-state index contributed by atoms with van der Waals surface area (Å²) in [5.41, 5.74) is 1.84. The van der Waals surface area contributed by atoms with Crippen molar-refractivity contribution in [2.75, 3.05) is 39.3 Å². The Morgan fingerprint density at radius 1 is 1.06 bits per heavy atom. The second kappa shape index (κ2) is 9.46. The fraction of sp³-hybridized carbons (Fsp3) is 0.538. The number of benzene rings is 1. The molecule has 4 saturated heterocycles. The smallest absolute Gasteiger partial charge is 0.328 e. The van der Waals surface area contributed by atoms with Gasteiger partial charge >= 0.3 is 5.97 Å². The van der Waals surface area contributed by atoms with E-state index in [-0.39, 0.29) is 23.9 Å². The van der Waals surface area contributed by atoms with Crippen LogP contribution in [0.5, 0.6) is 0 Å². The minimum atomic E-state index is -0.326. The van der Waals surface area contributed by atoms with E-state index in [1.807, 2.05) is 47.2 Å². The van der Waals surface area contributed by atoms with Crippen molar-refractivity contribution in [3.8, 4) is 0 Å². The summed E-state index contributed by atoms with van der Waals surface area (Å²) in [6.07, 6.45) is 5.48. The Bertz CT molecular complexity index is 916. The fourth-order valence-electron chi connectivity index (χ4n) is 5.92. The third kappa shape index (κ3) is 4.54. The predicted molar refractivity (Wildman–Crippen MR) is 126 cm³/mol. The van der Waals surface area contributed by atoms with Crippen molar-refractivity contribution in [1.29, 1.82) is 0 Å². The number of ether oxygens (including phenoxy) is 1. The van der Waals surface area contributed by atoms with Crippen molar-refractivity contribution in [3.05, 3.63) is 58.3 Å². The molecule has 1 aromatic heterocycles. The Kier molecular flexibility index (Phi) is 6.44. The predicted octanol–water partition coefficient (Wildman–Crippen LogP) is 4.31. The molecule has 4 fully saturated rings. The molecule has 5 nitrogen and oxygen atoms in total. The number of Topliss-reactive ketones (excluding diaryl/α,β-unsaturated/α-hetero) is 1. The molecule has 0 radical (unpaired) electrons. The molecule has 4 aliphatic rings. The van der Waals surface area contributed by atoms with Gasteiger partial charge in [0, 0.05) is 29.7 Å². The molecule has 0 saturated carbocycles. The molecule has 0 spiro atoms. The average molecular weight is 454 g/mol. The number of piperidine rings is 4. The van der Waals surface area contributed by atoms with Crippen LogP contribution in [0.1, 0.15) is 54.1 Å². The number of hydrogen-bond donors (Lipinski definition) is 0. The van der Waals surface area contributed by atoms with Gasteiger partial charge in [0.2, 0.25) is 5.78 Å². The number of quaternary nitrogens is 1. The third-order valence-electron chi connectivity index (χ3n) is 7.73. The highest BCUT2D eigenvalue weighted by Gasteiger charge is 2.49. The van der Waals surface area contributed by atoms with Crippen LogP contribution < -0.4 is 0 Å². The molecular formula is C26H33N2O3S+. The van der Waals surface area contributed by atoms with Crippen LogP contribution in [-0.2, 0) is 9.53 Å². The van der Waals surface area contributed by atoms with Crippen LogP contribution in [0.15, 0.2) is 47.2 Å². The second-order valence-corrected chi connectivity index (χ2v) is 10.6. The second-order valence-electron chi connectivity index (χ2n) is 9.79. The maximum Gasteiger partial charge on any atom is 0.328 e. The first kappa shape index (κ1) is 21.8. The number of carbonyl (C=O) groups is 2. The number of rotatable bonds is 7. The highest BCUT2D eigenvalue weighted by molar-refractivity contribution is 7.08. The van der Waals surface area contributed by atoms with Crippen molar-refractivity contribution in [2.45, 2.75) is 44.2 Å². The van der Waals surface area contributed by atoms with E-state index in [0.717, 1.165) is 74.0 Å². The molecule has 32 heavy (non-hydrogen) atoms. The lowest BCUT2D eigenvalue weighted by Gasteiger charge is -2.51. The van der Waals surface area contributed by atoms with Crippen LogP contribution >= 0.6 is 11.3 Å². The van der Waals surface area contributed by atoms with Crippen LogP contribution in [-0.4, -0.2) is 66.5 Å². The van der Waals surface area contributed by atoms with E-state index in [1.165, 1.54) is 6.42 Å². The molecule has 1 unspecified atom stereocenters. The molecule has 4 aliphatic heterocycles. The zero-order chi connectivity index (χ0) is 22.0. The van der Waals surface area contributed by atoms with Crippen molar-refractivity contribution in [3.63, 3.8) is 0 Å². The quantitative estimate of drug-likeness (QED) is 0.356. The van der Waals surface area contributed by atoms with Gasteiger partial charge in [0.15, 0.2) is 6.10 Å². The normalized spacial score (nSPS) is 28.9. The van der Waals surface area contributed by atoms with Gasteiger partial charge in [0.1, 0.15) is 19.1 Å². The third-order valence-corrected chi connectivity index (χ3v) is 8.41. The molecular weight excluding hydrogens is 420 g/mol. The van der Waals surface area contributed by atoms with E-state index in [0.29, 0.717) is 12.5 Å². The summed E-state index contributed by atoms with van der Waals surface area (Å²) in [4.78, 5) is 28.7. The van der Waals surface area contributed by atoms with Crippen molar-refractivity contribution >= 4 is 23.1 Å². The minimum absolute atomic E-state index is 0.0868. The summed E-state index contributed by atoms with van der Waals surface area (Å²) in [7, 11) is 0. The van der Waals surface area contributed by atoms with E-state index < -0.39 is 0 Å². The first-order valence-electron chi connectivity index (χ1n) is 12.0. The summed E-state index contributed by atoms with van der Waals surface area (Å²) in [6.45, 7) is 5.21. The molecule has 2 aromatic rings. The van der Waals surface area contributed by atoms with E-state index in [2.05, 4.69) is 4.90 Å². The number of thiophene rings is 1. The van der Waals surface area contributed by atoms with Gasteiger partial charge in [-0.1, -0.05) is 36.8 Å². The first-order valence-corrected chi connectivity index (χ1v) is 13.0. The average Bonchev–Trinajstić information content (AvgIpc) is 3.37. The van der Waals surface area contributed by atoms with Crippen LogP contribution in [0.3, 0.4) is 0 Å². The van der Waals surface area contributed by atoms with Crippen molar-refractivity contribution in [2.24, 2.45) is 5.92 Å². The minimum Gasteiger partial charge on any atom is -0.455 e. The summed E-state index contributed by atoms with van der Waals surface area (Å²) >= 11 is 1.57. The zero-order valence-corrected chi connectivity index (χ0v) is 19.5. The summed E-state index contributed by atoms with van der Waals surface area (Å²) < 4.78 is 7.05. The number of fused-ring (bicyclic) bond motifs is 3. The number of carbonyl (C=O) groups excluding carboxylic acids is 2. The monoisotopic (exact) mass is 453 g/mol. The first-order chi connectivity index (χ1) is 15.6. The highest BCUT2D eigenvalue weighted by atomic mass is 32.1. The topological polar surface area (TPSA) is 46.6 Å². The van der Waals surface area contributed by atoms with Gasteiger partial charge < -0.3 is 9.22 Å². The Morgan fingerprint density at radius 2 is 1.81 bits per heavy atom. The zero-order valence-electron chi connectivity index (χ0n) is 18.7. The SMILES string of the molecule is O=C(C[N+]12CCC(CC1)[C@@H](OC(=O)C(c1ccccc1)N1CCCCC1)C2)c1ccsc1. The van der Waals surface area contributed by atoms with Crippen LogP contribution in [0, 0.1) is 5.92 Å². The largest absolute Gasteiger partial charge is 0.455 e. The standard InChI is InChI=1S/C26H33N2O3S/c29-23(22-11-16-32-19-22)17-28-14-9-20(10-15-28)24(18-28)31-26(30)25(21-7-3-1-4-8-21)27-12-5-2-6-13-27/h1,3-4,7-8,11,16,19-20,24-25H,2,5-6,9-10,12-15,17-18H2/q+1/t20?,24-,25?,28?/m0/s1. The number of hydrogen-bond acceptors (Lipinski definition) is 5. The van der Waals surface area contributed by atoms with Gasteiger partial charge in [-0.05, 0) is 42.9 Å². The summed E-state index contributed by atoms with van der Waals surface area (Å²) in [6, 6.07) is 11.7. The molecule has 2 bridgehead atoms. The Hall–Kier alpha value is -2.02. The van der Waals surface area contributed by atoms with Crippen LogP contribution in [0.25, 0.3) is 0 Å². The number of nitrogens with zero attached hydrogens (tertiary/aromatic N) is 2. The van der Waals surface area contributed by atoms with Gasteiger partial charge in [-0.2, -0.15) is 11.3 Å². The lowest BCUT2D eigenvalue weighted by Crippen LogP contribution is -2.66. The molecule has 0 aliphatic carbocycles. The fourth-order valence-corrected chi connectivity index (χ4v) is 6.58. The van der Waals surface area contributed by atoms with Crippen LogP contribution in [0.4, 0.5) is 0 Å². The maximum atomic E-state index is 13.6. The van der Waals surface area contributed by atoms with Gasteiger partial charge in [-0.3, -0.25) is 9.69 Å². The molecule has 0 N–H and O–H groups in total. The molecule has 6 heteroatoms. The van der Waals surface area contributed by atoms with E-state index in [4.69, 9.17) is 4.74 Å². The number of likely N-dealkylation sites (tertiary alicyclic amines) is 1. The highest BCUT2D eigenvalue weighted by Crippen LogP contribution is 2.37. The molecule has 0 amide bonds. The Morgan fingerprint density at radius 3 is 2.50 bits per heavy atom. The molecule has 2 atom stereocenters. The molecule has 170 valence electrons. The Balaban J connectivity index is 1.31. The summed E-state index contributed by atoms with van der Waals surface area (Å²) in [5, 5.41) is 3.91. The van der Waals surface area contributed by atoms with Crippen LogP contribution in [0.2, 0.25) is 0 Å². The molecule has 5 heterocycles. The Labute approximate surface area is 194 Å². The van der Waals surface area contributed by atoms with Gasteiger partial charge in [0.25, 0.3) is 0 Å². The van der Waals surface area contributed by atoms with Crippen molar-refractivity contribution in [1.82, 2.24) is 4.90 Å². The van der Waals surface area contributed by atoms with Crippen molar-refractivity contribution < 1.29 is 18.8 Å². The molecule has 6 rings (SSSR count). The van der Waals surface area contributed by atoms with E-state index in [9.17, 15) is 9.59 Å². The summed E-state index contributed by atoms with van der Waals surface area (Å²) in [5.74, 6) is 0.527. The van der Waals surface area contributed by atoms with E-state index >= 15 is 0 Å². The van der Waals surface area contributed by atoms with E-state index in [1.54, 1.807) is 11.3 Å². The van der Waals surface area contributed by atoms with Gasteiger partial charge in [-0.25, -0.2) is 4.79 Å².